The minimum Gasteiger partial charge on any atom is -0.488 e. The lowest BCUT2D eigenvalue weighted by Crippen LogP contribution is -2.42. The van der Waals surface area contributed by atoms with Crippen molar-refractivity contribution in [3.63, 3.8) is 0 Å². The third-order valence-corrected chi connectivity index (χ3v) is 8.49. The van der Waals surface area contributed by atoms with Gasteiger partial charge in [-0.05, 0) is 79.5 Å². The molecule has 0 bridgehead atoms. The number of pyridine rings is 1. The van der Waals surface area contributed by atoms with E-state index < -0.39 is 5.97 Å². The Bertz CT molecular complexity index is 1500. The molecule has 0 saturated heterocycles. The van der Waals surface area contributed by atoms with Crippen molar-refractivity contribution in [2.24, 2.45) is 0 Å². The first-order chi connectivity index (χ1) is 20.9. The Morgan fingerprint density at radius 2 is 1.88 bits per heavy atom. The Kier molecular flexibility index (Phi) is 9.74. The summed E-state index contributed by atoms with van der Waals surface area (Å²) in [5, 5.41) is 19.7. The van der Waals surface area contributed by atoms with Crippen molar-refractivity contribution in [2.45, 2.75) is 64.3 Å². The summed E-state index contributed by atoms with van der Waals surface area (Å²) in [4.78, 5) is 18.8. The molecule has 0 radical (unpaired) electrons. The summed E-state index contributed by atoms with van der Waals surface area (Å²) in [5.74, 6) is -0.204. The zero-order valence-corrected chi connectivity index (χ0v) is 25.1. The predicted molar refractivity (Wildman–Crippen MR) is 166 cm³/mol. The average Bonchev–Trinajstić information content (AvgIpc) is 3.03. The van der Waals surface area contributed by atoms with E-state index in [9.17, 15) is 9.90 Å². The monoisotopic (exact) mass is 584 g/mol. The maximum Gasteiger partial charge on any atom is 0.342 e. The second-order valence-electron chi connectivity index (χ2n) is 11.2. The number of hydrogen-bond acceptors (Lipinski definition) is 8. The molecule has 0 atom stereocenters. The Hall–Kier alpha value is -4.21. The van der Waals surface area contributed by atoms with Crippen LogP contribution in [0, 0.1) is 12.3 Å². The maximum absolute atomic E-state index is 11.5. The van der Waals surface area contributed by atoms with Gasteiger partial charge in [-0.1, -0.05) is 36.4 Å². The summed E-state index contributed by atoms with van der Waals surface area (Å²) in [6, 6.07) is 18.7. The molecule has 2 heterocycles. The summed E-state index contributed by atoms with van der Waals surface area (Å²) in [6.07, 6.45) is 6.93. The summed E-state index contributed by atoms with van der Waals surface area (Å²) in [6.45, 7) is 4.54. The normalized spacial score (nSPS) is 19.1. The number of rotatable bonds is 11. The van der Waals surface area contributed by atoms with Gasteiger partial charge in [0, 0.05) is 38.0 Å². The number of fused-ring (bicyclic) bond motifs is 1. The van der Waals surface area contributed by atoms with Gasteiger partial charge in [0.25, 0.3) is 0 Å². The molecular weight excluding hydrogens is 544 g/mol. The van der Waals surface area contributed by atoms with Gasteiger partial charge >= 0.3 is 5.97 Å². The Balaban J connectivity index is 1.29. The SMILES string of the molecule is CO/C(Nc1cccc(-c2cccc(C)c2OCc2ccc3c(c2)CCN([C@H]2CC[C@@H](OC)CC2)C3)n1)=C(/C=N)C(=O)O. The van der Waals surface area contributed by atoms with Crippen LogP contribution in [0.4, 0.5) is 5.82 Å². The first-order valence-corrected chi connectivity index (χ1v) is 14.8. The van der Waals surface area contributed by atoms with Crippen molar-refractivity contribution in [1.29, 1.82) is 5.41 Å². The van der Waals surface area contributed by atoms with Crippen LogP contribution >= 0.6 is 0 Å². The highest BCUT2D eigenvalue weighted by Crippen LogP contribution is 2.34. The highest BCUT2D eigenvalue weighted by Gasteiger charge is 2.28. The number of carboxylic acid groups (broad SMARTS) is 1. The Morgan fingerprint density at radius 3 is 2.60 bits per heavy atom. The van der Waals surface area contributed by atoms with E-state index in [1.54, 1.807) is 6.07 Å². The van der Waals surface area contributed by atoms with Crippen LogP contribution < -0.4 is 10.1 Å². The molecule has 1 aromatic heterocycles. The van der Waals surface area contributed by atoms with E-state index in [4.69, 9.17) is 24.6 Å². The third-order valence-electron chi connectivity index (χ3n) is 8.49. The van der Waals surface area contributed by atoms with Crippen LogP contribution in [-0.2, 0) is 33.8 Å². The zero-order chi connectivity index (χ0) is 30.3. The molecule has 9 nitrogen and oxygen atoms in total. The Labute approximate surface area is 253 Å². The number of benzene rings is 2. The van der Waals surface area contributed by atoms with Gasteiger partial charge < -0.3 is 30.0 Å². The fourth-order valence-corrected chi connectivity index (χ4v) is 6.10. The van der Waals surface area contributed by atoms with Crippen LogP contribution in [0.3, 0.4) is 0 Å². The average molecular weight is 585 g/mol. The van der Waals surface area contributed by atoms with Crippen molar-refractivity contribution in [2.75, 3.05) is 26.1 Å². The molecule has 2 aromatic carbocycles. The molecule has 1 saturated carbocycles. The molecule has 5 rings (SSSR count). The van der Waals surface area contributed by atoms with Crippen LogP contribution in [0.15, 0.2) is 66.1 Å². The van der Waals surface area contributed by atoms with Gasteiger partial charge in [0.15, 0.2) is 0 Å². The molecule has 1 fully saturated rings. The van der Waals surface area contributed by atoms with E-state index in [0.717, 1.165) is 61.0 Å². The van der Waals surface area contributed by atoms with E-state index in [1.165, 1.54) is 31.1 Å². The molecule has 1 aliphatic carbocycles. The topological polar surface area (TPSA) is 117 Å². The lowest BCUT2D eigenvalue weighted by atomic mass is 9.89. The largest absolute Gasteiger partial charge is 0.488 e. The van der Waals surface area contributed by atoms with Crippen LogP contribution in [0.25, 0.3) is 11.3 Å². The highest BCUT2D eigenvalue weighted by atomic mass is 16.5. The van der Waals surface area contributed by atoms with Crippen LogP contribution in [0.1, 0.15) is 47.9 Å². The predicted octanol–water partition coefficient (Wildman–Crippen LogP) is 5.96. The van der Waals surface area contributed by atoms with E-state index in [1.807, 2.05) is 44.4 Å². The number of para-hydroxylation sites is 1. The number of aromatic nitrogens is 1. The van der Waals surface area contributed by atoms with Gasteiger partial charge in [0.2, 0.25) is 5.88 Å². The zero-order valence-electron chi connectivity index (χ0n) is 25.1. The minimum absolute atomic E-state index is 0.0677. The van der Waals surface area contributed by atoms with Crippen molar-refractivity contribution in [3.8, 4) is 17.0 Å². The first-order valence-electron chi connectivity index (χ1n) is 14.8. The molecule has 43 heavy (non-hydrogen) atoms. The fraction of sp³-hybridized carbons (Fsp3) is 0.382. The molecule has 0 unspecified atom stereocenters. The number of nitrogens with one attached hydrogen (secondary N) is 2. The van der Waals surface area contributed by atoms with Crippen molar-refractivity contribution >= 4 is 18.0 Å². The summed E-state index contributed by atoms with van der Waals surface area (Å²) >= 11 is 0. The number of carbonyl (C=O) groups is 1. The number of methoxy groups -OCH3 is 2. The van der Waals surface area contributed by atoms with Gasteiger partial charge in [-0.3, -0.25) is 4.90 Å². The van der Waals surface area contributed by atoms with Gasteiger partial charge in [-0.2, -0.15) is 0 Å². The minimum atomic E-state index is -1.27. The van der Waals surface area contributed by atoms with Crippen LogP contribution in [0.5, 0.6) is 5.75 Å². The van der Waals surface area contributed by atoms with Gasteiger partial charge in [-0.15, -0.1) is 0 Å². The van der Waals surface area contributed by atoms with Gasteiger partial charge in [0.1, 0.15) is 23.7 Å². The number of aryl methyl sites for hydroxylation is 1. The number of aliphatic carboxylic acids is 1. The van der Waals surface area contributed by atoms with Crippen molar-refractivity contribution < 1.29 is 24.1 Å². The molecule has 3 aromatic rings. The first kappa shape index (κ1) is 30.3. The van der Waals surface area contributed by atoms with Crippen molar-refractivity contribution in [3.05, 3.63) is 88.3 Å². The fourth-order valence-electron chi connectivity index (χ4n) is 6.10. The van der Waals surface area contributed by atoms with Crippen LogP contribution in [0.2, 0.25) is 0 Å². The molecule has 3 N–H and O–H groups in total. The number of ether oxygens (including phenoxy) is 3. The lowest BCUT2D eigenvalue weighted by molar-refractivity contribution is -0.132. The van der Waals surface area contributed by atoms with Gasteiger partial charge in [0.05, 0.1) is 18.9 Å². The molecular formula is C34H40N4O5. The number of carboxylic acids is 1. The summed E-state index contributed by atoms with van der Waals surface area (Å²) < 4.78 is 17.2. The molecule has 9 heteroatoms. The van der Waals surface area contributed by atoms with Crippen molar-refractivity contribution in [1.82, 2.24) is 9.88 Å². The summed E-state index contributed by atoms with van der Waals surface area (Å²) in [7, 11) is 3.17. The quantitative estimate of drug-likeness (QED) is 0.144. The second-order valence-corrected chi connectivity index (χ2v) is 11.2. The van der Waals surface area contributed by atoms with Gasteiger partial charge in [-0.25, -0.2) is 9.78 Å². The lowest BCUT2D eigenvalue weighted by Gasteiger charge is -2.39. The third kappa shape index (κ3) is 7.06. The van der Waals surface area contributed by atoms with E-state index in [-0.39, 0.29) is 11.5 Å². The summed E-state index contributed by atoms with van der Waals surface area (Å²) in [5.41, 5.74) is 6.12. The standard InChI is InChI=1S/C34H40N4O5/c1-22-6-4-7-28(30-8-5-9-31(36-30)37-33(42-3)29(19-35)34(39)40)32(22)43-21-23-10-11-25-20-38(17-16-24(25)18-23)26-12-14-27(41-2)15-13-26/h4-11,18-19,26-27,35H,12-17,20-21H2,1-3H3,(H,36,37)(H,39,40)/b33-29-,35-19?/t26-,27+. The Morgan fingerprint density at radius 1 is 1.09 bits per heavy atom. The van der Waals surface area contributed by atoms with E-state index >= 15 is 0 Å². The maximum atomic E-state index is 11.5. The number of nitrogens with zero attached hydrogens (tertiary/aromatic N) is 2. The van der Waals surface area contributed by atoms with E-state index in [0.29, 0.717) is 30.3 Å². The molecule has 226 valence electrons. The molecule has 0 amide bonds. The van der Waals surface area contributed by atoms with E-state index in [2.05, 4.69) is 28.4 Å². The number of hydrogen-bond donors (Lipinski definition) is 3. The second kappa shape index (κ2) is 13.8. The smallest absolute Gasteiger partial charge is 0.342 e. The highest BCUT2D eigenvalue weighted by molar-refractivity contribution is 6.08. The number of anilines is 1. The van der Waals surface area contributed by atoms with Crippen LogP contribution in [-0.4, -0.2) is 60.1 Å². The molecule has 1 aliphatic heterocycles. The molecule has 0 spiro atoms. The molecule has 2 aliphatic rings.